The molecule has 0 aliphatic heterocycles. The summed E-state index contributed by atoms with van der Waals surface area (Å²) in [4.78, 5) is 7.47. The van der Waals surface area contributed by atoms with E-state index in [4.69, 9.17) is 10.5 Å². The standard InChI is InChI=1S/C11H9F3N4O/c1-19-9-10(15)16-4-17-11(9)18-6-3-2-5(12)7(13)8(6)14/h2-4H,1H3,(H3,15,16,17,18). The molecule has 0 aliphatic rings. The van der Waals surface area contributed by atoms with Crippen LogP contribution < -0.4 is 15.8 Å². The van der Waals surface area contributed by atoms with Crippen LogP contribution in [0.25, 0.3) is 0 Å². The first-order valence-electron chi connectivity index (χ1n) is 5.09. The van der Waals surface area contributed by atoms with Crippen LogP contribution in [0.3, 0.4) is 0 Å². The summed E-state index contributed by atoms with van der Waals surface area (Å²) in [7, 11) is 1.32. The second-order valence-corrected chi connectivity index (χ2v) is 3.49. The molecule has 0 bridgehead atoms. The first kappa shape index (κ1) is 12.9. The maximum Gasteiger partial charge on any atom is 0.204 e. The van der Waals surface area contributed by atoms with Gasteiger partial charge >= 0.3 is 0 Å². The Morgan fingerprint density at radius 1 is 1.16 bits per heavy atom. The lowest BCUT2D eigenvalue weighted by Gasteiger charge is -2.11. The molecule has 1 aromatic heterocycles. The predicted molar refractivity (Wildman–Crippen MR) is 62.6 cm³/mol. The molecule has 1 aromatic carbocycles. The zero-order valence-corrected chi connectivity index (χ0v) is 9.75. The fourth-order valence-corrected chi connectivity index (χ4v) is 1.43. The summed E-state index contributed by atoms with van der Waals surface area (Å²) >= 11 is 0. The highest BCUT2D eigenvalue weighted by Crippen LogP contribution is 2.30. The molecular weight excluding hydrogens is 261 g/mol. The number of methoxy groups -OCH3 is 1. The zero-order valence-electron chi connectivity index (χ0n) is 9.75. The number of nitrogen functional groups attached to an aromatic ring is 1. The molecule has 3 N–H and O–H groups in total. The Hall–Kier alpha value is -2.51. The van der Waals surface area contributed by atoms with Crippen LogP contribution in [0.5, 0.6) is 5.75 Å². The molecule has 100 valence electrons. The maximum atomic E-state index is 13.5. The van der Waals surface area contributed by atoms with E-state index in [0.717, 1.165) is 18.5 Å². The molecule has 2 rings (SSSR count). The van der Waals surface area contributed by atoms with E-state index in [1.165, 1.54) is 7.11 Å². The van der Waals surface area contributed by atoms with Gasteiger partial charge in [-0.3, -0.25) is 0 Å². The van der Waals surface area contributed by atoms with Crippen LogP contribution in [-0.2, 0) is 0 Å². The smallest absolute Gasteiger partial charge is 0.204 e. The Morgan fingerprint density at radius 2 is 1.89 bits per heavy atom. The van der Waals surface area contributed by atoms with E-state index >= 15 is 0 Å². The summed E-state index contributed by atoms with van der Waals surface area (Å²) in [6, 6.07) is 1.82. The predicted octanol–water partition coefficient (Wildman–Crippen LogP) is 2.23. The van der Waals surface area contributed by atoms with Gasteiger partial charge in [-0.25, -0.2) is 23.1 Å². The lowest BCUT2D eigenvalue weighted by atomic mass is 10.2. The minimum Gasteiger partial charge on any atom is -0.490 e. The monoisotopic (exact) mass is 270 g/mol. The number of anilines is 3. The topological polar surface area (TPSA) is 73.1 Å². The van der Waals surface area contributed by atoms with Gasteiger partial charge in [0.2, 0.25) is 5.75 Å². The Labute approximate surface area is 106 Å². The molecule has 0 fully saturated rings. The zero-order chi connectivity index (χ0) is 14.0. The number of ether oxygens (including phenoxy) is 1. The number of rotatable bonds is 3. The van der Waals surface area contributed by atoms with Crippen molar-refractivity contribution in [2.24, 2.45) is 0 Å². The second-order valence-electron chi connectivity index (χ2n) is 3.49. The van der Waals surface area contributed by atoms with Gasteiger partial charge in [-0.05, 0) is 12.1 Å². The Kier molecular flexibility index (Phi) is 3.41. The van der Waals surface area contributed by atoms with Gasteiger partial charge in [0.05, 0.1) is 12.8 Å². The highest BCUT2D eigenvalue weighted by Gasteiger charge is 2.16. The molecule has 0 radical (unpaired) electrons. The van der Waals surface area contributed by atoms with Crippen LogP contribution in [0, 0.1) is 17.5 Å². The summed E-state index contributed by atoms with van der Waals surface area (Å²) < 4.78 is 44.3. The molecule has 5 nitrogen and oxygen atoms in total. The average Bonchev–Trinajstić information content (AvgIpc) is 2.40. The highest BCUT2D eigenvalue weighted by molar-refractivity contribution is 5.68. The second kappa shape index (κ2) is 5.01. The van der Waals surface area contributed by atoms with Gasteiger partial charge < -0.3 is 15.8 Å². The molecular formula is C11H9F3N4O. The maximum absolute atomic E-state index is 13.5. The molecule has 19 heavy (non-hydrogen) atoms. The number of nitrogens with two attached hydrogens (primary N) is 1. The molecule has 0 saturated carbocycles. The van der Waals surface area contributed by atoms with E-state index in [2.05, 4.69) is 15.3 Å². The van der Waals surface area contributed by atoms with E-state index in [9.17, 15) is 13.2 Å². The SMILES string of the molecule is COc1c(N)ncnc1Nc1ccc(F)c(F)c1F. The van der Waals surface area contributed by atoms with E-state index in [-0.39, 0.29) is 23.1 Å². The van der Waals surface area contributed by atoms with Crippen LogP contribution in [0.1, 0.15) is 0 Å². The third kappa shape index (κ3) is 2.37. The van der Waals surface area contributed by atoms with Gasteiger partial charge in [0.25, 0.3) is 0 Å². The minimum atomic E-state index is -1.58. The summed E-state index contributed by atoms with van der Waals surface area (Å²) in [5.41, 5.74) is 5.24. The van der Waals surface area contributed by atoms with Crippen LogP contribution in [0.15, 0.2) is 18.5 Å². The first-order chi connectivity index (χ1) is 9.04. The molecule has 1 heterocycles. The van der Waals surface area contributed by atoms with Gasteiger partial charge in [-0.15, -0.1) is 0 Å². The van der Waals surface area contributed by atoms with Crippen molar-refractivity contribution in [2.75, 3.05) is 18.2 Å². The average molecular weight is 270 g/mol. The fraction of sp³-hybridized carbons (Fsp3) is 0.0909. The fourth-order valence-electron chi connectivity index (χ4n) is 1.43. The minimum absolute atomic E-state index is 0.0305. The van der Waals surface area contributed by atoms with Crippen molar-refractivity contribution in [3.05, 3.63) is 35.9 Å². The normalized spacial score (nSPS) is 10.3. The lowest BCUT2D eigenvalue weighted by molar-refractivity contribution is 0.415. The summed E-state index contributed by atoms with van der Waals surface area (Å²) in [6.45, 7) is 0. The van der Waals surface area contributed by atoms with Gasteiger partial charge in [0, 0.05) is 0 Å². The molecule has 0 saturated heterocycles. The number of benzene rings is 1. The Bertz CT molecular complexity index is 621. The molecule has 0 amide bonds. The van der Waals surface area contributed by atoms with E-state index in [1.807, 2.05) is 0 Å². The van der Waals surface area contributed by atoms with E-state index in [1.54, 1.807) is 0 Å². The lowest BCUT2D eigenvalue weighted by Crippen LogP contribution is -2.05. The van der Waals surface area contributed by atoms with Gasteiger partial charge in [-0.1, -0.05) is 0 Å². The van der Waals surface area contributed by atoms with Crippen molar-refractivity contribution in [2.45, 2.75) is 0 Å². The molecule has 0 atom stereocenters. The van der Waals surface area contributed by atoms with Crippen molar-refractivity contribution in [1.82, 2.24) is 9.97 Å². The summed E-state index contributed by atoms with van der Waals surface area (Å²) in [5.74, 6) is -4.07. The van der Waals surface area contributed by atoms with Crippen molar-refractivity contribution in [3.63, 3.8) is 0 Å². The van der Waals surface area contributed by atoms with E-state index in [0.29, 0.717) is 0 Å². The molecule has 0 unspecified atom stereocenters. The van der Waals surface area contributed by atoms with Gasteiger partial charge in [0.15, 0.2) is 29.1 Å². The van der Waals surface area contributed by atoms with E-state index < -0.39 is 17.5 Å². The van der Waals surface area contributed by atoms with Crippen LogP contribution >= 0.6 is 0 Å². The molecule has 0 spiro atoms. The number of hydrogen-bond donors (Lipinski definition) is 2. The van der Waals surface area contributed by atoms with Crippen molar-refractivity contribution < 1.29 is 17.9 Å². The van der Waals surface area contributed by atoms with Gasteiger partial charge in [0.1, 0.15) is 6.33 Å². The molecule has 8 heteroatoms. The molecule has 0 aliphatic carbocycles. The van der Waals surface area contributed by atoms with Crippen LogP contribution in [0.4, 0.5) is 30.5 Å². The number of hydrogen-bond acceptors (Lipinski definition) is 5. The largest absolute Gasteiger partial charge is 0.490 e. The third-order valence-corrected chi connectivity index (χ3v) is 2.32. The highest BCUT2D eigenvalue weighted by atomic mass is 19.2. The number of nitrogens with one attached hydrogen (secondary N) is 1. The number of aromatic nitrogens is 2. The quantitative estimate of drug-likeness (QED) is 0.837. The van der Waals surface area contributed by atoms with Crippen LogP contribution in [-0.4, -0.2) is 17.1 Å². The van der Waals surface area contributed by atoms with Crippen molar-refractivity contribution in [1.29, 1.82) is 0 Å². The molecule has 2 aromatic rings. The Balaban J connectivity index is 2.42. The van der Waals surface area contributed by atoms with Crippen molar-refractivity contribution >= 4 is 17.3 Å². The summed E-state index contributed by atoms with van der Waals surface area (Å²) in [5, 5.41) is 2.46. The number of nitrogens with zero attached hydrogens (tertiary/aromatic N) is 2. The third-order valence-electron chi connectivity index (χ3n) is 2.32. The van der Waals surface area contributed by atoms with Crippen molar-refractivity contribution in [3.8, 4) is 5.75 Å². The summed E-state index contributed by atoms with van der Waals surface area (Å²) in [6.07, 6.45) is 1.12. The first-order valence-corrected chi connectivity index (χ1v) is 5.09. The Morgan fingerprint density at radius 3 is 2.58 bits per heavy atom. The number of halogens is 3. The van der Waals surface area contributed by atoms with Gasteiger partial charge in [-0.2, -0.15) is 0 Å². The van der Waals surface area contributed by atoms with Crippen LogP contribution in [0.2, 0.25) is 0 Å².